The van der Waals surface area contributed by atoms with Crippen LogP contribution >= 0.6 is 11.3 Å². The molecule has 2 heterocycles. The van der Waals surface area contributed by atoms with Gasteiger partial charge in [-0.2, -0.15) is 11.3 Å². The van der Waals surface area contributed by atoms with E-state index in [0.717, 1.165) is 12.1 Å². The average molecular weight is 275 g/mol. The molecule has 1 unspecified atom stereocenters. The molecular formula is C14H17N3OS. The second-order valence-corrected chi connectivity index (χ2v) is 5.41. The topological polar surface area (TPSA) is 68.0 Å². The number of pyridine rings is 1. The number of nitrogens with one attached hydrogen (secondary N) is 1. The van der Waals surface area contributed by atoms with Gasteiger partial charge in [0.1, 0.15) is 5.82 Å². The molecule has 0 radical (unpaired) electrons. The minimum absolute atomic E-state index is 0.0804. The van der Waals surface area contributed by atoms with E-state index in [-0.39, 0.29) is 11.9 Å². The third-order valence-corrected chi connectivity index (χ3v) is 3.47. The molecule has 0 aliphatic heterocycles. The highest BCUT2D eigenvalue weighted by molar-refractivity contribution is 7.07. The van der Waals surface area contributed by atoms with E-state index in [1.54, 1.807) is 23.5 Å². The molecule has 19 heavy (non-hydrogen) atoms. The zero-order valence-electron chi connectivity index (χ0n) is 11.0. The summed E-state index contributed by atoms with van der Waals surface area (Å²) >= 11 is 1.66. The fraction of sp³-hybridized carbons (Fsp3) is 0.286. The number of thiophene rings is 1. The summed E-state index contributed by atoms with van der Waals surface area (Å²) in [6.45, 7) is 3.81. The number of aryl methyl sites for hydroxylation is 1. The Labute approximate surface area is 116 Å². The number of rotatable bonds is 4. The molecule has 2 aromatic rings. The molecule has 3 N–H and O–H groups in total. The lowest BCUT2D eigenvalue weighted by molar-refractivity contribution is 0.0940. The van der Waals surface area contributed by atoms with Crippen LogP contribution in [0.3, 0.4) is 0 Å². The van der Waals surface area contributed by atoms with Crippen molar-refractivity contribution >= 4 is 23.1 Å². The van der Waals surface area contributed by atoms with Gasteiger partial charge in [-0.1, -0.05) is 0 Å². The highest BCUT2D eigenvalue weighted by Crippen LogP contribution is 2.10. The largest absolute Gasteiger partial charge is 0.384 e. The van der Waals surface area contributed by atoms with Crippen molar-refractivity contribution in [2.45, 2.75) is 26.3 Å². The summed E-state index contributed by atoms with van der Waals surface area (Å²) < 4.78 is 0. The van der Waals surface area contributed by atoms with Gasteiger partial charge in [-0.3, -0.25) is 4.79 Å². The van der Waals surface area contributed by atoms with Crippen LogP contribution in [-0.4, -0.2) is 16.9 Å². The number of nitrogen functional groups attached to an aromatic ring is 1. The van der Waals surface area contributed by atoms with E-state index in [9.17, 15) is 4.79 Å². The van der Waals surface area contributed by atoms with E-state index >= 15 is 0 Å². The molecule has 1 atom stereocenters. The first-order chi connectivity index (χ1) is 9.04. The van der Waals surface area contributed by atoms with E-state index in [1.807, 2.05) is 19.2 Å². The maximum atomic E-state index is 12.1. The Morgan fingerprint density at radius 3 is 2.95 bits per heavy atom. The van der Waals surface area contributed by atoms with Gasteiger partial charge in [0.25, 0.3) is 5.91 Å². The highest BCUT2D eigenvalue weighted by Gasteiger charge is 2.11. The van der Waals surface area contributed by atoms with Crippen molar-refractivity contribution in [3.63, 3.8) is 0 Å². The molecule has 4 nitrogen and oxygen atoms in total. The maximum Gasteiger partial charge on any atom is 0.251 e. The first-order valence-corrected chi connectivity index (χ1v) is 7.05. The smallest absolute Gasteiger partial charge is 0.251 e. The zero-order chi connectivity index (χ0) is 13.8. The molecule has 0 aromatic carbocycles. The van der Waals surface area contributed by atoms with E-state index in [2.05, 4.69) is 21.7 Å². The predicted molar refractivity (Wildman–Crippen MR) is 78.3 cm³/mol. The minimum atomic E-state index is -0.111. The molecule has 0 aliphatic rings. The van der Waals surface area contributed by atoms with Gasteiger partial charge in [0, 0.05) is 17.3 Å². The second-order valence-electron chi connectivity index (χ2n) is 4.63. The third-order valence-electron chi connectivity index (χ3n) is 2.73. The number of aromatic nitrogens is 1. The van der Waals surface area contributed by atoms with Crippen molar-refractivity contribution in [3.8, 4) is 0 Å². The Morgan fingerprint density at radius 1 is 1.53 bits per heavy atom. The molecule has 0 aliphatic carbocycles. The molecule has 1 amide bonds. The van der Waals surface area contributed by atoms with Crippen LogP contribution in [0, 0.1) is 6.92 Å². The zero-order valence-corrected chi connectivity index (χ0v) is 11.8. The fourth-order valence-electron chi connectivity index (χ4n) is 1.95. The van der Waals surface area contributed by atoms with E-state index in [0.29, 0.717) is 11.4 Å². The van der Waals surface area contributed by atoms with Crippen LogP contribution in [0.15, 0.2) is 29.0 Å². The molecule has 5 heteroatoms. The number of amides is 1. The van der Waals surface area contributed by atoms with Crippen LogP contribution in [0.4, 0.5) is 5.82 Å². The lowest BCUT2D eigenvalue weighted by atomic mass is 10.1. The molecule has 2 aromatic heterocycles. The van der Waals surface area contributed by atoms with Crippen LogP contribution in [0.5, 0.6) is 0 Å². The molecule has 0 saturated heterocycles. The normalized spacial score (nSPS) is 12.1. The molecular weight excluding hydrogens is 258 g/mol. The molecule has 2 rings (SSSR count). The summed E-state index contributed by atoms with van der Waals surface area (Å²) in [5.74, 6) is 0.260. The molecule has 100 valence electrons. The Kier molecular flexibility index (Phi) is 4.16. The quantitative estimate of drug-likeness (QED) is 0.900. The van der Waals surface area contributed by atoms with Crippen LogP contribution in [0.1, 0.15) is 28.5 Å². The van der Waals surface area contributed by atoms with Crippen LogP contribution in [0.2, 0.25) is 0 Å². The predicted octanol–water partition coefficient (Wildman–Crippen LogP) is 2.39. The van der Waals surface area contributed by atoms with Crippen LogP contribution < -0.4 is 11.1 Å². The number of nitrogens with two attached hydrogens (primary N) is 1. The Bertz CT molecular complexity index is 546. The molecule has 0 saturated carbocycles. The van der Waals surface area contributed by atoms with Gasteiger partial charge in [-0.15, -0.1) is 0 Å². The van der Waals surface area contributed by atoms with Crippen molar-refractivity contribution in [2.75, 3.05) is 5.73 Å². The van der Waals surface area contributed by atoms with Crippen molar-refractivity contribution in [1.29, 1.82) is 0 Å². The van der Waals surface area contributed by atoms with Crippen molar-refractivity contribution in [2.24, 2.45) is 0 Å². The number of hydrogen-bond acceptors (Lipinski definition) is 4. The number of carbonyl (C=O) groups excluding carboxylic acids is 1. The van der Waals surface area contributed by atoms with Gasteiger partial charge in [0.15, 0.2) is 0 Å². The SMILES string of the molecule is Cc1cc(C(=O)NC(C)Cc2ccsc2)cc(N)n1. The molecule has 0 bridgehead atoms. The first kappa shape index (κ1) is 13.5. The lowest BCUT2D eigenvalue weighted by Gasteiger charge is -2.13. The minimum Gasteiger partial charge on any atom is -0.384 e. The van der Waals surface area contributed by atoms with Gasteiger partial charge in [0.05, 0.1) is 0 Å². The maximum absolute atomic E-state index is 12.1. The van der Waals surface area contributed by atoms with Gasteiger partial charge >= 0.3 is 0 Å². The monoisotopic (exact) mass is 275 g/mol. The summed E-state index contributed by atoms with van der Waals surface area (Å²) in [6.07, 6.45) is 0.828. The molecule has 0 fully saturated rings. The Balaban J connectivity index is 2.00. The standard InChI is InChI=1S/C14H17N3OS/c1-9(5-11-3-4-19-8-11)17-14(18)12-6-10(2)16-13(15)7-12/h3-4,6-9H,5H2,1-2H3,(H2,15,16)(H,17,18). The van der Waals surface area contributed by atoms with Crippen LogP contribution in [-0.2, 0) is 6.42 Å². The van der Waals surface area contributed by atoms with Crippen LogP contribution in [0.25, 0.3) is 0 Å². The Morgan fingerprint density at radius 2 is 2.32 bits per heavy atom. The van der Waals surface area contributed by atoms with Crippen molar-refractivity contribution in [3.05, 3.63) is 45.8 Å². The lowest BCUT2D eigenvalue weighted by Crippen LogP contribution is -2.34. The summed E-state index contributed by atoms with van der Waals surface area (Å²) in [5.41, 5.74) is 8.19. The number of hydrogen-bond donors (Lipinski definition) is 2. The Hall–Kier alpha value is -1.88. The van der Waals surface area contributed by atoms with Crippen molar-refractivity contribution in [1.82, 2.24) is 10.3 Å². The third kappa shape index (κ3) is 3.79. The summed E-state index contributed by atoms with van der Waals surface area (Å²) in [5, 5.41) is 7.10. The van der Waals surface area contributed by atoms with E-state index in [4.69, 9.17) is 5.73 Å². The van der Waals surface area contributed by atoms with Gasteiger partial charge in [-0.25, -0.2) is 4.98 Å². The van der Waals surface area contributed by atoms with E-state index in [1.165, 1.54) is 5.56 Å². The summed E-state index contributed by atoms with van der Waals surface area (Å²) in [6, 6.07) is 5.49. The van der Waals surface area contributed by atoms with Gasteiger partial charge in [0.2, 0.25) is 0 Å². The van der Waals surface area contributed by atoms with Crippen molar-refractivity contribution < 1.29 is 4.79 Å². The number of nitrogens with zero attached hydrogens (tertiary/aromatic N) is 1. The van der Waals surface area contributed by atoms with Gasteiger partial charge < -0.3 is 11.1 Å². The second kappa shape index (κ2) is 5.84. The van der Waals surface area contributed by atoms with E-state index < -0.39 is 0 Å². The first-order valence-electron chi connectivity index (χ1n) is 6.10. The fourth-order valence-corrected chi connectivity index (χ4v) is 2.63. The average Bonchev–Trinajstić information content (AvgIpc) is 2.80. The molecule has 0 spiro atoms. The number of anilines is 1. The summed E-state index contributed by atoms with van der Waals surface area (Å²) in [7, 11) is 0. The van der Waals surface area contributed by atoms with Gasteiger partial charge in [-0.05, 0) is 54.8 Å². The highest BCUT2D eigenvalue weighted by atomic mass is 32.1. The summed E-state index contributed by atoms with van der Waals surface area (Å²) in [4.78, 5) is 16.2. The number of carbonyl (C=O) groups is 1.